The molecule has 0 amide bonds. The molecule has 0 aliphatic carbocycles. The lowest BCUT2D eigenvalue weighted by molar-refractivity contribution is -0.149. The highest BCUT2D eigenvalue weighted by atomic mass is 32.2. The molecule has 232 valence electrons. The number of carbonyl (C=O) groups excluding carboxylic acids is 1. The van der Waals surface area contributed by atoms with Crippen molar-refractivity contribution in [3.8, 4) is 17.2 Å². The number of hydrogen-bond donors (Lipinski definition) is 0. The van der Waals surface area contributed by atoms with Gasteiger partial charge in [-0.3, -0.25) is 9.69 Å². The van der Waals surface area contributed by atoms with E-state index in [0.717, 1.165) is 42.6 Å². The van der Waals surface area contributed by atoms with Crippen LogP contribution in [0.5, 0.6) is 17.2 Å². The van der Waals surface area contributed by atoms with Gasteiger partial charge in [0, 0.05) is 38.1 Å². The molecule has 2 aliphatic heterocycles. The number of benzene rings is 2. The molecule has 2 heterocycles. The van der Waals surface area contributed by atoms with Gasteiger partial charge in [0.1, 0.15) is 5.75 Å². The minimum atomic E-state index is -3.39. The quantitative estimate of drug-likeness (QED) is 0.187. The van der Waals surface area contributed by atoms with Gasteiger partial charge in [0.15, 0.2) is 11.5 Å². The van der Waals surface area contributed by atoms with Crippen LogP contribution in [0.4, 0.5) is 0 Å². The largest absolute Gasteiger partial charge is 0.497 e. The summed E-state index contributed by atoms with van der Waals surface area (Å²) in [7, 11) is -1.77. The number of likely N-dealkylation sites (tertiary alicyclic amines) is 1. The second kappa shape index (κ2) is 15.1. The van der Waals surface area contributed by atoms with Gasteiger partial charge in [0.2, 0.25) is 16.8 Å². The third kappa shape index (κ3) is 7.57. The van der Waals surface area contributed by atoms with Crippen LogP contribution in [0, 0.1) is 5.92 Å². The molecule has 10 heteroatoms. The number of sulfonamides is 1. The van der Waals surface area contributed by atoms with Crippen molar-refractivity contribution in [1.29, 1.82) is 0 Å². The molecule has 0 spiro atoms. The Hall–Kier alpha value is -2.82. The van der Waals surface area contributed by atoms with Gasteiger partial charge in [0.25, 0.3) is 0 Å². The molecule has 2 aromatic carbocycles. The van der Waals surface area contributed by atoms with Crippen LogP contribution in [0.1, 0.15) is 76.0 Å². The summed E-state index contributed by atoms with van der Waals surface area (Å²) in [5.74, 6) is 1.30. The van der Waals surface area contributed by atoms with Crippen molar-refractivity contribution in [3.63, 3.8) is 0 Å². The molecule has 42 heavy (non-hydrogen) atoms. The standard InChI is InChI=1S/C32H46N2O7S/c1-5-8-9-10-20-42(36,37)34(17-6-2)19-18-33-22-27(25-13-16-28-29(21-25)41-23-40-28)30(32(35)39-7-3)31(33)24-11-14-26(38-4)15-12-24/h11-16,21,27,30-31H,5-10,17-20,22-23H2,1-4H3/t27-,30-,31+/m1/s1. The van der Waals surface area contributed by atoms with Gasteiger partial charge >= 0.3 is 5.97 Å². The summed E-state index contributed by atoms with van der Waals surface area (Å²) in [5, 5.41) is 0. The maximum Gasteiger partial charge on any atom is 0.311 e. The molecule has 0 bridgehead atoms. The van der Waals surface area contributed by atoms with Gasteiger partial charge in [-0.2, -0.15) is 0 Å². The Kier molecular flexibility index (Phi) is 11.5. The monoisotopic (exact) mass is 602 g/mol. The fourth-order valence-electron chi connectivity index (χ4n) is 6.08. The number of fused-ring (bicyclic) bond motifs is 1. The molecule has 1 saturated heterocycles. The molecule has 2 aliphatic rings. The third-order valence-corrected chi connectivity index (χ3v) is 10.2. The number of carbonyl (C=O) groups is 1. The third-order valence-electron chi connectivity index (χ3n) is 8.20. The lowest BCUT2D eigenvalue weighted by Gasteiger charge is -2.30. The summed E-state index contributed by atoms with van der Waals surface area (Å²) < 4.78 is 50.6. The average Bonchev–Trinajstić information content (AvgIpc) is 3.62. The Bertz CT molecular complexity index is 1270. The number of hydrogen-bond acceptors (Lipinski definition) is 8. The zero-order valence-electron chi connectivity index (χ0n) is 25.4. The molecular formula is C32H46N2O7S. The van der Waals surface area contributed by atoms with Gasteiger partial charge in [0.05, 0.1) is 25.4 Å². The Balaban J connectivity index is 1.65. The Morgan fingerprint density at radius 1 is 0.952 bits per heavy atom. The molecule has 4 rings (SSSR count). The van der Waals surface area contributed by atoms with Gasteiger partial charge in [-0.1, -0.05) is 51.3 Å². The van der Waals surface area contributed by atoms with E-state index in [9.17, 15) is 13.2 Å². The molecular weight excluding hydrogens is 556 g/mol. The summed E-state index contributed by atoms with van der Waals surface area (Å²) in [6.45, 7) is 8.28. The fourth-order valence-corrected chi connectivity index (χ4v) is 7.73. The van der Waals surface area contributed by atoms with E-state index in [1.807, 2.05) is 56.3 Å². The lowest BCUT2D eigenvalue weighted by atomic mass is 9.82. The number of ether oxygens (including phenoxy) is 4. The van der Waals surface area contributed by atoms with Crippen LogP contribution in [0.3, 0.4) is 0 Å². The second-order valence-electron chi connectivity index (χ2n) is 11.0. The van der Waals surface area contributed by atoms with Crippen molar-refractivity contribution < 1.29 is 32.2 Å². The normalized spacial score (nSPS) is 20.3. The molecule has 2 aromatic rings. The molecule has 0 unspecified atom stereocenters. The topological polar surface area (TPSA) is 94.6 Å². The molecule has 0 aromatic heterocycles. The van der Waals surface area contributed by atoms with Gasteiger partial charge in [-0.05, 0) is 55.2 Å². The first-order valence-electron chi connectivity index (χ1n) is 15.2. The van der Waals surface area contributed by atoms with E-state index in [0.29, 0.717) is 44.1 Å². The SMILES string of the molecule is CCCCCCS(=O)(=O)N(CCC)CCN1C[C@H](c2ccc3c(c2)OCO3)[C@@H](C(=O)OCC)[C@@H]1c1ccc(OC)cc1. The summed E-state index contributed by atoms with van der Waals surface area (Å²) >= 11 is 0. The molecule has 3 atom stereocenters. The number of unbranched alkanes of at least 4 members (excludes halogenated alkanes) is 3. The van der Waals surface area contributed by atoms with Crippen molar-refractivity contribution in [1.82, 2.24) is 9.21 Å². The van der Waals surface area contributed by atoms with Crippen molar-refractivity contribution in [2.75, 3.05) is 52.4 Å². The van der Waals surface area contributed by atoms with Crippen LogP contribution < -0.4 is 14.2 Å². The van der Waals surface area contributed by atoms with E-state index in [-0.39, 0.29) is 37.1 Å². The van der Waals surface area contributed by atoms with Crippen molar-refractivity contribution in [2.24, 2.45) is 5.92 Å². The number of nitrogens with zero attached hydrogens (tertiary/aromatic N) is 2. The minimum absolute atomic E-state index is 0.167. The van der Waals surface area contributed by atoms with Crippen LogP contribution in [-0.4, -0.2) is 76.0 Å². The van der Waals surface area contributed by atoms with E-state index in [1.54, 1.807) is 11.4 Å². The van der Waals surface area contributed by atoms with E-state index in [2.05, 4.69) is 11.8 Å². The first-order valence-corrected chi connectivity index (χ1v) is 16.9. The Morgan fingerprint density at radius 2 is 1.69 bits per heavy atom. The number of methoxy groups -OCH3 is 1. The summed E-state index contributed by atoms with van der Waals surface area (Å²) in [4.78, 5) is 15.9. The number of rotatable bonds is 16. The Morgan fingerprint density at radius 3 is 2.38 bits per heavy atom. The first kappa shape index (κ1) is 32.1. The van der Waals surface area contributed by atoms with Gasteiger partial charge in [-0.25, -0.2) is 12.7 Å². The predicted molar refractivity (Wildman–Crippen MR) is 163 cm³/mol. The van der Waals surface area contributed by atoms with Gasteiger partial charge < -0.3 is 18.9 Å². The molecule has 9 nitrogen and oxygen atoms in total. The summed E-state index contributed by atoms with van der Waals surface area (Å²) in [6, 6.07) is 13.3. The second-order valence-corrected chi connectivity index (χ2v) is 13.1. The predicted octanol–water partition coefficient (Wildman–Crippen LogP) is 5.37. The van der Waals surface area contributed by atoms with Crippen LogP contribution in [0.15, 0.2) is 42.5 Å². The minimum Gasteiger partial charge on any atom is -0.497 e. The lowest BCUT2D eigenvalue weighted by Crippen LogP contribution is -2.40. The molecule has 0 saturated carbocycles. The van der Waals surface area contributed by atoms with Crippen LogP contribution in [0.2, 0.25) is 0 Å². The highest BCUT2D eigenvalue weighted by Crippen LogP contribution is 2.48. The van der Waals surface area contributed by atoms with Crippen LogP contribution in [-0.2, 0) is 19.6 Å². The Labute approximate surface area is 251 Å². The molecule has 0 N–H and O–H groups in total. The maximum absolute atomic E-state index is 13.7. The van der Waals surface area contributed by atoms with Gasteiger partial charge in [-0.15, -0.1) is 0 Å². The summed E-state index contributed by atoms with van der Waals surface area (Å²) in [6.07, 6.45) is 4.43. The van der Waals surface area contributed by atoms with Crippen LogP contribution in [0.25, 0.3) is 0 Å². The van der Waals surface area contributed by atoms with Crippen molar-refractivity contribution in [3.05, 3.63) is 53.6 Å². The summed E-state index contributed by atoms with van der Waals surface area (Å²) in [5.41, 5.74) is 1.92. The first-order chi connectivity index (χ1) is 20.3. The smallest absolute Gasteiger partial charge is 0.311 e. The highest BCUT2D eigenvalue weighted by Gasteiger charge is 2.48. The van der Waals surface area contributed by atoms with Crippen molar-refractivity contribution in [2.45, 2.75) is 64.8 Å². The van der Waals surface area contributed by atoms with Crippen molar-refractivity contribution >= 4 is 16.0 Å². The molecule has 1 fully saturated rings. The molecule has 0 radical (unpaired) electrons. The van der Waals surface area contributed by atoms with E-state index < -0.39 is 15.9 Å². The maximum atomic E-state index is 13.7. The van der Waals surface area contributed by atoms with E-state index in [4.69, 9.17) is 18.9 Å². The van der Waals surface area contributed by atoms with Crippen LogP contribution >= 0.6 is 0 Å². The average molecular weight is 603 g/mol. The van der Waals surface area contributed by atoms with E-state index >= 15 is 0 Å². The highest BCUT2D eigenvalue weighted by molar-refractivity contribution is 7.89. The zero-order valence-corrected chi connectivity index (χ0v) is 26.2. The van der Waals surface area contributed by atoms with E-state index in [1.165, 1.54) is 0 Å². The number of esters is 1. The zero-order chi connectivity index (χ0) is 30.1. The fraction of sp³-hybridized carbons (Fsp3) is 0.594.